The average molecular weight is 259 g/mol. The Labute approximate surface area is 109 Å². The predicted molar refractivity (Wildman–Crippen MR) is 71.5 cm³/mol. The lowest BCUT2D eigenvalue weighted by Gasteiger charge is -2.11. The van der Waals surface area contributed by atoms with Gasteiger partial charge in [0.1, 0.15) is 6.04 Å². The van der Waals surface area contributed by atoms with Crippen LogP contribution in [0.5, 0.6) is 0 Å². The first kappa shape index (κ1) is 11.2. The number of anilines is 1. The zero-order valence-electron chi connectivity index (χ0n) is 9.72. The largest absolute Gasteiger partial charge is 0.373 e. The minimum atomic E-state index is -0.157. The van der Waals surface area contributed by atoms with E-state index in [1.165, 1.54) is 5.56 Å². The molecule has 0 saturated carbocycles. The molecule has 1 aliphatic heterocycles. The van der Waals surface area contributed by atoms with Crippen LogP contribution in [-0.2, 0) is 17.8 Å². The summed E-state index contributed by atoms with van der Waals surface area (Å²) >= 11 is 1.55. The molecule has 92 valence electrons. The number of aromatic nitrogens is 1. The van der Waals surface area contributed by atoms with Gasteiger partial charge in [-0.3, -0.25) is 9.78 Å². The van der Waals surface area contributed by atoms with E-state index in [2.05, 4.69) is 21.7 Å². The van der Waals surface area contributed by atoms with Crippen molar-refractivity contribution in [3.63, 3.8) is 0 Å². The highest BCUT2D eigenvalue weighted by Crippen LogP contribution is 2.25. The summed E-state index contributed by atoms with van der Waals surface area (Å²) in [6.07, 6.45) is 2.53. The fraction of sp³-hybridized carbons (Fsp3) is 0.231. The van der Waals surface area contributed by atoms with Crippen LogP contribution in [0.25, 0.3) is 0 Å². The van der Waals surface area contributed by atoms with Crippen molar-refractivity contribution in [2.45, 2.75) is 19.0 Å². The maximum atomic E-state index is 12.0. The van der Waals surface area contributed by atoms with Crippen molar-refractivity contribution in [2.75, 3.05) is 5.32 Å². The minimum Gasteiger partial charge on any atom is -0.373 e. The number of fused-ring (bicyclic) bond motifs is 1. The van der Waals surface area contributed by atoms with Crippen molar-refractivity contribution in [3.8, 4) is 0 Å². The molecule has 1 atom stereocenters. The second-order valence-electron chi connectivity index (χ2n) is 4.24. The van der Waals surface area contributed by atoms with Crippen LogP contribution in [0.3, 0.4) is 0 Å². The molecule has 2 heterocycles. The standard InChI is InChI=1S/C13H13N3OS/c17-13(15-7-10-6-14-8-18-10)12-5-9-3-1-2-4-11(9)16-12/h1-4,6,8,12,16H,5,7H2,(H,15,17). The van der Waals surface area contributed by atoms with Crippen LogP contribution in [0.4, 0.5) is 5.69 Å². The molecule has 1 unspecified atom stereocenters. The van der Waals surface area contributed by atoms with Gasteiger partial charge >= 0.3 is 0 Å². The van der Waals surface area contributed by atoms with Gasteiger partial charge in [0, 0.05) is 23.2 Å². The first-order valence-electron chi connectivity index (χ1n) is 5.82. The molecular weight excluding hydrogens is 246 g/mol. The van der Waals surface area contributed by atoms with Gasteiger partial charge in [0.25, 0.3) is 0 Å². The first-order valence-corrected chi connectivity index (χ1v) is 6.70. The zero-order chi connectivity index (χ0) is 12.4. The van der Waals surface area contributed by atoms with Crippen molar-refractivity contribution >= 4 is 22.9 Å². The lowest BCUT2D eigenvalue weighted by Crippen LogP contribution is -2.37. The SMILES string of the molecule is O=C(NCc1cncs1)C1Cc2ccccc2N1. The Kier molecular flexibility index (Phi) is 2.98. The van der Waals surface area contributed by atoms with Crippen LogP contribution in [0.2, 0.25) is 0 Å². The molecule has 0 bridgehead atoms. The minimum absolute atomic E-state index is 0.0413. The molecule has 0 radical (unpaired) electrons. The second kappa shape index (κ2) is 4.78. The Balaban J connectivity index is 1.59. The van der Waals surface area contributed by atoms with E-state index >= 15 is 0 Å². The van der Waals surface area contributed by atoms with Gasteiger partial charge < -0.3 is 10.6 Å². The molecule has 4 nitrogen and oxygen atoms in total. The van der Waals surface area contributed by atoms with Gasteiger partial charge in [-0.25, -0.2) is 0 Å². The van der Waals surface area contributed by atoms with E-state index in [-0.39, 0.29) is 11.9 Å². The lowest BCUT2D eigenvalue weighted by atomic mass is 10.1. The molecular formula is C13H13N3OS. The molecule has 2 N–H and O–H groups in total. The van der Waals surface area contributed by atoms with E-state index in [1.54, 1.807) is 23.0 Å². The molecule has 1 aliphatic rings. The van der Waals surface area contributed by atoms with Crippen molar-refractivity contribution in [3.05, 3.63) is 46.4 Å². The summed E-state index contributed by atoms with van der Waals surface area (Å²) in [4.78, 5) is 17.1. The van der Waals surface area contributed by atoms with Gasteiger partial charge in [-0.1, -0.05) is 18.2 Å². The molecule has 2 aromatic rings. The van der Waals surface area contributed by atoms with Gasteiger partial charge in [0.15, 0.2) is 0 Å². The van der Waals surface area contributed by atoms with Crippen molar-refractivity contribution in [2.24, 2.45) is 0 Å². The van der Waals surface area contributed by atoms with Crippen LogP contribution < -0.4 is 10.6 Å². The summed E-state index contributed by atoms with van der Waals surface area (Å²) in [7, 11) is 0. The maximum absolute atomic E-state index is 12.0. The van der Waals surface area contributed by atoms with E-state index in [0.717, 1.165) is 17.0 Å². The number of benzene rings is 1. The normalized spacial score (nSPS) is 17.0. The molecule has 0 aliphatic carbocycles. The van der Waals surface area contributed by atoms with Gasteiger partial charge in [0.2, 0.25) is 5.91 Å². The highest BCUT2D eigenvalue weighted by atomic mass is 32.1. The van der Waals surface area contributed by atoms with E-state index in [0.29, 0.717) is 6.54 Å². The van der Waals surface area contributed by atoms with E-state index in [4.69, 9.17) is 0 Å². The molecule has 18 heavy (non-hydrogen) atoms. The topological polar surface area (TPSA) is 54.0 Å². The molecule has 5 heteroatoms. The number of nitrogens with one attached hydrogen (secondary N) is 2. The molecule has 0 fully saturated rings. The highest BCUT2D eigenvalue weighted by molar-refractivity contribution is 7.09. The fourth-order valence-electron chi connectivity index (χ4n) is 2.08. The number of carbonyl (C=O) groups excluding carboxylic acids is 1. The van der Waals surface area contributed by atoms with Crippen molar-refractivity contribution in [1.29, 1.82) is 0 Å². The molecule has 3 rings (SSSR count). The lowest BCUT2D eigenvalue weighted by molar-refractivity contribution is -0.121. The van der Waals surface area contributed by atoms with Crippen LogP contribution in [0, 0.1) is 0 Å². The fourth-order valence-corrected chi connectivity index (χ4v) is 2.62. The van der Waals surface area contributed by atoms with Gasteiger partial charge in [-0.2, -0.15) is 0 Å². The summed E-state index contributed by atoms with van der Waals surface area (Å²) in [5.74, 6) is 0.0413. The Morgan fingerprint density at radius 2 is 2.39 bits per heavy atom. The van der Waals surface area contributed by atoms with Gasteiger partial charge in [-0.15, -0.1) is 11.3 Å². The molecule has 0 saturated heterocycles. The third-order valence-electron chi connectivity index (χ3n) is 3.01. The first-order chi connectivity index (χ1) is 8.83. The van der Waals surface area contributed by atoms with E-state index < -0.39 is 0 Å². The Hall–Kier alpha value is -1.88. The molecule has 1 aromatic heterocycles. The average Bonchev–Trinajstić information content (AvgIpc) is 3.04. The molecule has 1 aromatic carbocycles. The number of thiazole rings is 1. The smallest absolute Gasteiger partial charge is 0.243 e. The Morgan fingerprint density at radius 3 is 3.17 bits per heavy atom. The predicted octanol–water partition coefficient (Wildman–Crippen LogP) is 1.80. The van der Waals surface area contributed by atoms with E-state index in [1.807, 2.05) is 18.2 Å². The quantitative estimate of drug-likeness (QED) is 0.883. The zero-order valence-corrected chi connectivity index (χ0v) is 10.5. The Morgan fingerprint density at radius 1 is 1.50 bits per heavy atom. The summed E-state index contributed by atoms with van der Waals surface area (Å²) in [6, 6.07) is 7.88. The number of carbonyl (C=O) groups is 1. The Bertz CT molecular complexity index is 528. The summed E-state index contributed by atoms with van der Waals surface area (Å²) in [5, 5.41) is 6.17. The summed E-state index contributed by atoms with van der Waals surface area (Å²) < 4.78 is 0. The third kappa shape index (κ3) is 2.22. The number of para-hydroxylation sites is 1. The molecule has 1 amide bonds. The number of amides is 1. The number of hydrogen-bond donors (Lipinski definition) is 2. The van der Waals surface area contributed by atoms with Crippen LogP contribution in [0.1, 0.15) is 10.4 Å². The maximum Gasteiger partial charge on any atom is 0.243 e. The number of rotatable bonds is 3. The van der Waals surface area contributed by atoms with Crippen molar-refractivity contribution < 1.29 is 4.79 Å². The summed E-state index contributed by atoms with van der Waals surface area (Å²) in [5.41, 5.74) is 4.04. The van der Waals surface area contributed by atoms with Gasteiger partial charge in [0.05, 0.1) is 12.1 Å². The van der Waals surface area contributed by atoms with Crippen LogP contribution >= 0.6 is 11.3 Å². The van der Waals surface area contributed by atoms with Gasteiger partial charge in [-0.05, 0) is 11.6 Å². The van der Waals surface area contributed by atoms with Crippen LogP contribution in [0.15, 0.2) is 36.0 Å². The van der Waals surface area contributed by atoms with E-state index in [9.17, 15) is 4.79 Å². The molecule has 0 spiro atoms. The third-order valence-corrected chi connectivity index (χ3v) is 3.79. The second-order valence-corrected chi connectivity index (χ2v) is 5.21. The van der Waals surface area contributed by atoms with Crippen LogP contribution in [-0.4, -0.2) is 16.9 Å². The number of nitrogens with zero attached hydrogens (tertiary/aromatic N) is 1. The summed E-state index contributed by atoms with van der Waals surface area (Å²) in [6.45, 7) is 0.554. The monoisotopic (exact) mass is 259 g/mol. The van der Waals surface area contributed by atoms with Crippen molar-refractivity contribution in [1.82, 2.24) is 10.3 Å². The highest BCUT2D eigenvalue weighted by Gasteiger charge is 2.25. The number of hydrogen-bond acceptors (Lipinski definition) is 4.